The summed E-state index contributed by atoms with van der Waals surface area (Å²) in [5.74, 6) is -0.681. The molecule has 0 aliphatic heterocycles. The van der Waals surface area contributed by atoms with Crippen LogP contribution in [0.4, 0.5) is 0 Å². The summed E-state index contributed by atoms with van der Waals surface area (Å²) in [4.78, 5) is 11.5. The minimum absolute atomic E-state index is 0.108. The van der Waals surface area contributed by atoms with Crippen molar-refractivity contribution in [2.24, 2.45) is 0 Å². The molecule has 0 atom stereocenters. The number of sulfonamides is 1. The lowest BCUT2D eigenvalue weighted by molar-refractivity contribution is 0.0981. The van der Waals surface area contributed by atoms with E-state index in [9.17, 15) is 13.2 Å². The summed E-state index contributed by atoms with van der Waals surface area (Å²) in [6, 6.07) is 0. The average Bonchev–Trinajstić information content (AvgIpc) is 2.47. The van der Waals surface area contributed by atoms with Crippen LogP contribution in [-0.2, 0) is 10.0 Å². The van der Waals surface area contributed by atoms with Gasteiger partial charge in [0.2, 0.25) is 10.0 Å². The maximum absolute atomic E-state index is 11.5. The second-order valence-electron chi connectivity index (χ2n) is 2.88. The number of carbonyl (C=O) groups is 1. The third kappa shape index (κ3) is 3.02. The van der Waals surface area contributed by atoms with Crippen molar-refractivity contribution in [2.45, 2.75) is 13.8 Å². The average molecular weight is 312 g/mol. The van der Waals surface area contributed by atoms with Crippen LogP contribution in [0.5, 0.6) is 0 Å². The summed E-state index contributed by atoms with van der Waals surface area (Å²) in [6.07, 6.45) is 0. The Balaban J connectivity index is 2.93. The topological polar surface area (TPSA) is 63.2 Å². The highest BCUT2D eigenvalue weighted by Crippen LogP contribution is 2.27. The van der Waals surface area contributed by atoms with Crippen molar-refractivity contribution in [1.82, 2.24) is 4.72 Å². The number of thiophene rings is 1. The molecule has 0 aliphatic carbocycles. The van der Waals surface area contributed by atoms with Gasteiger partial charge in [-0.15, -0.1) is 11.3 Å². The van der Waals surface area contributed by atoms with E-state index in [1.165, 1.54) is 18.3 Å². The molecule has 0 aliphatic rings. The Hall–Kier alpha value is -0.400. The van der Waals surface area contributed by atoms with E-state index in [0.29, 0.717) is 5.56 Å². The molecule has 0 bridgehead atoms. The molecule has 0 aromatic carbocycles. The van der Waals surface area contributed by atoms with Gasteiger partial charge in [0.1, 0.15) is 0 Å². The van der Waals surface area contributed by atoms with Crippen molar-refractivity contribution < 1.29 is 13.2 Å². The Morgan fingerprint density at radius 1 is 1.60 bits per heavy atom. The number of hydrogen-bond donors (Lipinski definition) is 1. The predicted octanol–water partition coefficient (Wildman–Crippen LogP) is 1.90. The van der Waals surface area contributed by atoms with Crippen LogP contribution < -0.4 is 4.72 Å². The number of halogens is 1. The first-order chi connectivity index (χ1) is 6.87. The lowest BCUT2D eigenvalue weighted by Crippen LogP contribution is -2.31. The fraction of sp³-hybridized carbons (Fsp3) is 0.375. The summed E-state index contributed by atoms with van der Waals surface area (Å²) in [6.45, 7) is 3.24. The van der Waals surface area contributed by atoms with Crippen LogP contribution in [0.25, 0.3) is 0 Å². The Morgan fingerprint density at radius 2 is 2.20 bits per heavy atom. The molecule has 1 N–H and O–H groups in total. The zero-order valence-electron chi connectivity index (χ0n) is 8.20. The first-order valence-electron chi connectivity index (χ1n) is 4.15. The quantitative estimate of drug-likeness (QED) is 0.927. The molecule has 0 saturated heterocycles. The highest BCUT2D eigenvalue weighted by molar-refractivity contribution is 9.11. The van der Waals surface area contributed by atoms with E-state index >= 15 is 0 Å². The van der Waals surface area contributed by atoms with Gasteiger partial charge >= 0.3 is 0 Å². The van der Waals surface area contributed by atoms with E-state index in [1.807, 2.05) is 4.72 Å². The highest BCUT2D eigenvalue weighted by atomic mass is 79.9. The molecule has 0 saturated carbocycles. The first kappa shape index (κ1) is 12.7. The monoisotopic (exact) mass is 311 g/mol. The van der Waals surface area contributed by atoms with E-state index in [0.717, 1.165) is 9.35 Å². The zero-order chi connectivity index (χ0) is 11.6. The van der Waals surface area contributed by atoms with Crippen LogP contribution in [0.15, 0.2) is 9.17 Å². The fourth-order valence-corrected chi connectivity index (χ4v) is 2.71. The summed E-state index contributed by atoms with van der Waals surface area (Å²) < 4.78 is 25.2. The molecule has 7 heteroatoms. The normalized spacial score (nSPS) is 11.4. The Bertz CT molecular complexity index is 478. The number of carbonyl (C=O) groups excluding carboxylic acids is 1. The molecule has 0 fully saturated rings. The molecule has 84 valence electrons. The lowest BCUT2D eigenvalue weighted by atomic mass is 10.2. The third-order valence-electron chi connectivity index (χ3n) is 1.85. The molecule has 1 amide bonds. The third-order valence-corrected chi connectivity index (χ3v) is 5.13. The second kappa shape index (κ2) is 4.63. The molecule has 4 nitrogen and oxygen atoms in total. The number of nitrogens with one attached hydrogen (secondary N) is 1. The van der Waals surface area contributed by atoms with Gasteiger partial charge in [-0.05, 0) is 35.3 Å². The van der Waals surface area contributed by atoms with Crippen molar-refractivity contribution >= 4 is 43.2 Å². The largest absolute Gasteiger partial charge is 0.268 e. The van der Waals surface area contributed by atoms with Gasteiger partial charge in [0.25, 0.3) is 5.91 Å². The highest BCUT2D eigenvalue weighted by Gasteiger charge is 2.17. The molecular weight excluding hydrogens is 302 g/mol. The minimum atomic E-state index is -3.48. The Kier molecular flexibility index (Phi) is 3.91. The number of amides is 1. The zero-order valence-corrected chi connectivity index (χ0v) is 11.4. The van der Waals surface area contributed by atoms with Crippen molar-refractivity contribution in [2.75, 3.05) is 5.75 Å². The molecule has 15 heavy (non-hydrogen) atoms. The van der Waals surface area contributed by atoms with E-state index in [4.69, 9.17) is 0 Å². The molecule has 1 aromatic heterocycles. The summed E-state index contributed by atoms with van der Waals surface area (Å²) in [5, 5.41) is 1.62. The van der Waals surface area contributed by atoms with Crippen molar-refractivity contribution in [1.29, 1.82) is 0 Å². The van der Waals surface area contributed by atoms with Gasteiger partial charge in [0.05, 0.1) is 15.1 Å². The van der Waals surface area contributed by atoms with Crippen molar-refractivity contribution in [3.63, 3.8) is 0 Å². The summed E-state index contributed by atoms with van der Waals surface area (Å²) >= 11 is 4.62. The molecular formula is C8H10BrNO3S2. The fourth-order valence-electron chi connectivity index (χ4n) is 0.886. The van der Waals surface area contributed by atoms with E-state index in [-0.39, 0.29) is 5.75 Å². The van der Waals surface area contributed by atoms with Gasteiger partial charge < -0.3 is 0 Å². The van der Waals surface area contributed by atoms with E-state index in [2.05, 4.69) is 15.9 Å². The molecule has 1 aromatic rings. The minimum Gasteiger partial charge on any atom is -0.268 e. The van der Waals surface area contributed by atoms with Crippen molar-refractivity contribution in [3.8, 4) is 0 Å². The predicted molar refractivity (Wildman–Crippen MR) is 63.7 cm³/mol. The molecule has 1 heterocycles. The number of hydrogen-bond acceptors (Lipinski definition) is 4. The Labute approximate surface area is 101 Å². The van der Waals surface area contributed by atoms with Crippen LogP contribution >= 0.6 is 27.3 Å². The van der Waals surface area contributed by atoms with Gasteiger partial charge in [0.15, 0.2) is 0 Å². The van der Waals surface area contributed by atoms with Gasteiger partial charge in [-0.2, -0.15) is 0 Å². The maximum atomic E-state index is 11.5. The van der Waals surface area contributed by atoms with Crippen molar-refractivity contribution in [3.05, 3.63) is 20.3 Å². The maximum Gasteiger partial charge on any atom is 0.265 e. The Morgan fingerprint density at radius 3 is 2.60 bits per heavy atom. The van der Waals surface area contributed by atoms with Crippen LogP contribution in [-0.4, -0.2) is 20.1 Å². The second-order valence-corrected chi connectivity index (χ2v) is 7.09. The number of rotatable bonds is 3. The summed E-state index contributed by atoms with van der Waals surface area (Å²) in [7, 11) is -3.48. The van der Waals surface area contributed by atoms with E-state index < -0.39 is 15.9 Å². The van der Waals surface area contributed by atoms with Crippen LogP contribution in [0, 0.1) is 6.92 Å². The van der Waals surface area contributed by atoms with Gasteiger partial charge in [-0.25, -0.2) is 13.1 Å². The summed E-state index contributed by atoms with van der Waals surface area (Å²) in [5.41, 5.74) is 1.15. The van der Waals surface area contributed by atoms with Crippen LogP contribution in [0.3, 0.4) is 0 Å². The SMILES string of the molecule is CCS(=O)(=O)NC(=O)c1csc(Br)c1C. The van der Waals surface area contributed by atoms with Crippen LogP contribution in [0.1, 0.15) is 22.8 Å². The van der Waals surface area contributed by atoms with E-state index in [1.54, 1.807) is 12.3 Å². The smallest absolute Gasteiger partial charge is 0.265 e. The standard InChI is InChI=1S/C8H10BrNO3S2/c1-3-15(12,13)10-8(11)6-4-14-7(9)5(6)2/h4H,3H2,1-2H3,(H,10,11). The molecule has 0 unspecified atom stereocenters. The molecule has 0 spiro atoms. The van der Waals surface area contributed by atoms with Gasteiger partial charge in [0, 0.05) is 5.38 Å². The molecule has 0 radical (unpaired) electrons. The first-order valence-corrected chi connectivity index (χ1v) is 7.48. The van der Waals surface area contributed by atoms with Crippen LogP contribution in [0.2, 0.25) is 0 Å². The van der Waals surface area contributed by atoms with Gasteiger partial charge in [-0.1, -0.05) is 0 Å². The lowest BCUT2D eigenvalue weighted by Gasteiger charge is -2.03. The molecule has 1 rings (SSSR count). The van der Waals surface area contributed by atoms with Gasteiger partial charge in [-0.3, -0.25) is 4.79 Å².